The Labute approximate surface area is 123 Å². The first-order valence-corrected chi connectivity index (χ1v) is 6.48. The molecule has 22 heavy (non-hydrogen) atoms. The van der Waals surface area contributed by atoms with E-state index in [0.717, 1.165) is 12.1 Å². The van der Waals surface area contributed by atoms with Crippen LogP contribution in [0.4, 0.5) is 8.78 Å². The van der Waals surface area contributed by atoms with E-state index in [-0.39, 0.29) is 11.1 Å². The number of ketones is 1. The monoisotopic (exact) mass is 303 g/mol. The van der Waals surface area contributed by atoms with Gasteiger partial charge in [-0.3, -0.25) is 9.36 Å². The summed E-state index contributed by atoms with van der Waals surface area (Å²) in [6.07, 6.45) is 0. The molecule has 0 saturated heterocycles. The van der Waals surface area contributed by atoms with Crippen molar-refractivity contribution in [3.63, 3.8) is 0 Å². The Morgan fingerprint density at radius 3 is 2.41 bits per heavy atom. The van der Waals surface area contributed by atoms with Crippen molar-refractivity contribution in [2.24, 2.45) is 7.05 Å². The summed E-state index contributed by atoms with van der Waals surface area (Å²) < 4.78 is 32.9. The maximum Gasteiger partial charge on any atom is 0.419 e. The van der Waals surface area contributed by atoms with Gasteiger partial charge in [-0.25, -0.2) is 13.6 Å². The average molecular weight is 303 g/mol. The van der Waals surface area contributed by atoms with Crippen molar-refractivity contribution in [2.45, 2.75) is 6.92 Å². The number of oxazole rings is 1. The fraction of sp³-hybridized carbons (Fsp3) is 0.125. The first kappa shape index (κ1) is 14.2. The van der Waals surface area contributed by atoms with Crippen LogP contribution in [0.2, 0.25) is 0 Å². The molecular formula is C16H11F2NO3. The molecule has 0 amide bonds. The zero-order valence-electron chi connectivity index (χ0n) is 11.8. The lowest BCUT2D eigenvalue weighted by atomic mass is 9.98. The minimum Gasteiger partial charge on any atom is -0.408 e. The molecule has 0 bridgehead atoms. The molecule has 1 heterocycles. The number of fused-ring (bicyclic) bond motifs is 1. The predicted octanol–water partition coefficient (Wildman–Crippen LogP) is 2.95. The normalized spacial score (nSPS) is 11.1. The lowest BCUT2D eigenvalue weighted by Crippen LogP contribution is -2.10. The zero-order valence-corrected chi connectivity index (χ0v) is 11.8. The summed E-state index contributed by atoms with van der Waals surface area (Å²) in [4.78, 5) is 24.0. The average Bonchev–Trinajstić information content (AvgIpc) is 2.73. The van der Waals surface area contributed by atoms with E-state index >= 15 is 0 Å². The second-order valence-corrected chi connectivity index (χ2v) is 5.00. The maximum absolute atomic E-state index is 13.3. The van der Waals surface area contributed by atoms with E-state index in [1.165, 1.54) is 23.7 Å². The maximum atomic E-state index is 13.3. The van der Waals surface area contributed by atoms with Crippen molar-refractivity contribution < 1.29 is 18.0 Å². The number of rotatable bonds is 2. The van der Waals surface area contributed by atoms with Gasteiger partial charge in [0, 0.05) is 24.2 Å². The molecule has 3 rings (SSSR count). The Morgan fingerprint density at radius 2 is 1.77 bits per heavy atom. The lowest BCUT2D eigenvalue weighted by Gasteiger charge is -2.07. The third kappa shape index (κ3) is 2.13. The molecule has 0 spiro atoms. The molecule has 0 aliphatic carbocycles. The summed E-state index contributed by atoms with van der Waals surface area (Å²) in [5, 5.41) is 0. The quantitative estimate of drug-likeness (QED) is 0.684. The standard InChI is InChI=1S/C16H11F2NO3/c1-8-12(3-4-13-14(8)19(2)16(21)22-13)15(20)9-5-10(17)7-11(18)6-9/h3-7H,1-2H3. The van der Waals surface area contributed by atoms with Crippen molar-refractivity contribution >= 4 is 16.9 Å². The van der Waals surface area contributed by atoms with Gasteiger partial charge in [0.05, 0.1) is 5.52 Å². The predicted molar refractivity (Wildman–Crippen MR) is 76.0 cm³/mol. The largest absolute Gasteiger partial charge is 0.419 e. The number of aryl methyl sites for hydroxylation is 2. The summed E-state index contributed by atoms with van der Waals surface area (Å²) in [7, 11) is 1.53. The van der Waals surface area contributed by atoms with Crippen LogP contribution < -0.4 is 5.76 Å². The number of hydrogen-bond donors (Lipinski definition) is 0. The van der Waals surface area contributed by atoms with Gasteiger partial charge in [0.15, 0.2) is 11.4 Å². The molecule has 0 saturated carbocycles. The molecule has 0 N–H and O–H groups in total. The van der Waals surface area contributed by atoms with Gasteiger partial charge in [-0.05, 0) is 36.8 Å². The van der Waals surface area contributed by atoms with Crippen LogP contribution in [0.5, 0.6) is 0 Å². The van der Waals surface area contributed by atoms with Crippen molar-refractivity contribution in [2.75, 3.05) is 0 Å². The van der Waals surface area contributed by atoms with E-state index < -0.39 is 23.2 Å². The van der Waals surface area contributed by atoms with Gasteiger partial charge in [0.1, 0.15) is 11.6 Å². The van der Waals surface area contributed by atoms with Crippen LogP contribution in [0.25, 0.3) is 11.1 Å². The summed E-state index contributed by atoms with van der Waals surface area (Å²) >= 11 is 0. The topological polar surface area (TPSA) is 52.2 Å². The van der Waals surface area contributed by atoms with E-state index in [4.69, 9.17) is 4.42 Å². The molecule has 0 aliphatic heterocycles. The van der Waals surface area contributed by atoms with Crippen LogP contribution in [-0.2, 0) is 7.05 Å². The van der Waals surface area contributed by atoms with E-state index in [1.807, 2.05) is 0 Å². The SMILES string of the molecule is Cc1c(C(=O)c2cc(F)cc(F)c2)ccc2oc(=O)n(C)c12. The van der Waals surface area contributed by atoms with Gasteiger partial charge in [0.25, 0.3) is 0 Å². The highest BCUT2D eigenvalue weighted by molar-refractivity contribution is 6.11. The molecule has 6 heteroatoms. The summed E-state index contributed by atoms with van der Waals surface area (Å²) in [6.45, 7) is 1.65. The highest BCUT2D eigenvalue weighted by Crippen LogP contribution is 2.23. The third-order valence-electron chi connectivity index (χ3n) is 3.57. The smallest absolute Gasteiger partial charge is 0.408 e. The first-order chi connectivity index (χ1) is 10.4. The van der Waals surface area contributed by atoms with Gasteiger partial charge >= 0.3 is 5.76 Å². The van der Waals surface area contributed by atoms with Gasteiger partial charge in [0.2, 0.25) is 0 Å². The van der Waals surface area contributed by atoms with Crippen LogP contribution in [-0.4, -0.2) is 10.4 Å². The van der Waals surface area contributed by atoms with Gasteiger partial charge in [-0.1, -0.05) is 0 Å². The van der Waals surface area contributed by atoms with Crippen molar-refractivity contribution in [1.82, 2.24) is 4.57 Å². The van der Waals surface area contributed by atoms with E-state index in [0.29, 0.717) is 22.7 Å². The van der Waals surface area contributed by atoms with E-state index in [1.54, 1.807) is 6.92 Å². The summed E-state index contributed by atoms with van der Waals surface area (Å²) in [5.41, 5.74) is 1.52. The number of hydrogen-bond acceptors (Lipinski definition) is 3. The van der Waals surface area contributed by atoms with Crippen LogP contribution in [0.1, 0.15) is 21.5 Å². The highest BCUT2D eigenvalue weighted by atomic mass is 19.1. The Bertz CT molecular complexity index is 949. The molecule has 112 valence electrons. The molecule has 0 fully saturated rings. The van der Waals surface area contributed by atoms with E-state index in [9.17, 15) is 18.4 Å². The minimum atomic E-state index is -0.821. The van der Waals surface area contributed by atoms with Gasteiger partial charge in [-0.15, -0.1) is 0 Å². The molecule has 2 aromatic carbocycles. The Morgan fingerprint density at radius 1 is 1.14 bits per heavy atom. The molecular weight excluding hydrogens is 292 g/mol. The first-order valence-electron chi connectivity index (χ1n) is 6.48. The van der Waals surface area contributed by atoms with E-state index in [2.05, 4.69) is 0 Å². The Kier molecular flexibility index (Phi) is 3.16. The summed E-state index contributed by atoms with van der Waals surface area (Å²) in [5.74, 6) is -2.71. The molecule has 3 aromatic rings. The van der Waals surface area contributed by atoms with Crippen molar-refractivity contribution in [1.29, 1.82) is 0 Å². The molecule has 1 aromatic heterocycles. The molecule has 0 radical (unpaired) electrons. The summed E-state index contributed by atoms with van der Waals surface area (Å²) in [6, 6.07) is 5.62. The number of carbonyl (C=O) groups excluding carboxylic acids is 1. The second kappa shape index (κ2) is 4.91. The number of nitrogens with zero attached hydrogens (tertiary/aromatic N) is 1. The molecule has 0 unspecified atom stereocenters. The van der Waals surface area contributed by atoms with Crippen LogP contribution in [0.3, 0.4) is 0 Å². The second-order valence-electron chi connectivity index (χ2n) is 5.00. The third-order valence-corrected chi connectivity index (χ3v) is 3.57. The van der Waals surface area contributed by atoms with Crippen LogP contribution >= 0.6 is 0 Å². The number of benzene rings is 2. The van der Waals surface area contributed by atoms with Crippen molar-refractivity contribution in [3.05, 3.63) is 69.2 Å². The lowest BCUT2D eigenvalue weighted by molar-refractivity contribution is 0.103. The van der Waals surface area contributed by atoms with Gasteiger partial charge in [-0.2, -0.15) is 0 Å². The Hall–Kier alpha value is -2.76. The Balaban J connectivity index is 2.21. The van der Waals surface area contributed by atoms with Crippen LogP contribution in [0.15, 0.2) is 39.5 Å². The molecule has 0 atom stereocenters. The highest BCUT2D eigenvalue weighted by Gasteiger charge is 2.18. The number of aromatic nitrogens is 1. The van der Waals surface area contributed by atoms with Crippen molar-refractivity contribution in [3.8, 4) is 0 Å². The zero-order chi connectivity index (χ0) is 16.0. The number of halogens is 2. The molecule has 4 nitrogen and oxygen atoms in total. The molecule has 0 aliphatic rings. The van der Waals surface area contributed by atoms with Crippen LogP contribution in [0, 0.1) is 18.6 Å². The fourth-order valence-corrected chi connectivity index (χ4v) is 2.51. The minimum absolute atomic E-state index is 0.0894. The number of carbonyl (C=O) groups is 1. The fourth-order valence-electron chi connectivity index (χ4n) is 2.51. The van der Waals surface area contributed by atoms with Gasteiger partial charge < -0.3 is 4.42 Å².